The Morgan fingerprint density at radius 2 is 2.00 bits per heavy atom. The average molecular weight is 498 g/mol. The molecule has 4 rings (SSSR count). The summed E-state index contributed by atoms with van der Waals surface area (Å²) in [7, 11) is -2.43. The average Bonchev–Trinajstić information content (AvgIpc) is 3.09. The molecule has 0 spiro atoms. The van der Waals surface area contributed by atoms with Gasteiger partial charge in [0.1, 0.15) is 15.5 Å². The van der Waals surface area contributed by atoms with Gasteiger partial charge >= 0.3 is 5.91 Å². The van der Waals surface area contributed by atoms with Crippen molar-refractivity contribution in [3.63, 3.8) is 0 Å². The number of quaternary nitrogens is 1. The number of hydroxylamine groups is 1. The van der Waals surface area contributed by atoms with E-state index in [9.17, 15) is 18.4 Å². The van der Waals surface area contributed by atoms with Crippen molar-refractivity contribution in [2.45, 2.75) is 12.0 Å². The van der Waals surface area contributed by atoms with Crippen LogP contribution in [-0.2, 0) is 14.8 Å². The van der Waals surface area contributed by atoms with E-state index in [2.05, 4.69) is 9.71 Å². The lowest BCUT2D eigenvalue weighted by atomic mass is 9.90. The Morgan fingerprint density at radius 3 is 2.62 bits per heavy atom. The highest BCUT2D eigenvalue weighted by atomic mass is 35.5. The Bertz CT molecular complexity index is 1450. The lowest BCUT2D eigenvalue weighted by Crippen LogP contribution is -3.08. The van der Waals surface area contributed by atoms with Crippen molar-refractivity contribution < 1.29 is 27.4 Å². The van der Waals surface area contributed by atoms with E-state index in [4.69, 9.17) is 32.4 Å². The van der Waals surface area contributed by atoms with Crippen LogP contribution >= 0.6 is 23.2 Å². The molecule has 2 heterocycles. The highest BCUT2D eigenvalue weighted by Gasteiger charge is 2.45. The van der Waals surface area contributed by atoms with Crippen LogP contribution in [0.3, 0.4) is 0 Å². The number of hydrogen-bond acceptors (Lipinski definition) is 7. The summed E-state index contributed by atoms with van der Waals surface area (Å²) in [6, 6.07) is 5.18. The number of rotatable bonds is 5. The van der Waals surface area contributed by atoms with Crippen LogP contribution < -0.4 is 25.2 Å². The van der Waals surface area contributed by atoms with Gasteiger partial charge in [-0.15, -0.1) is 0 Å². The third-order valence-corrected chi connectivity index (χ3v) is 6.33. The van der Waals surface area contributed by atoms with Gasteiger partial charge in [-0.3, -0.25) is 10.0 Å². The largest absolute Gasteiger partial charge is 0.621 e. The van der Waals surface area contributed by atoms with Crippen LogP contribution in [0.2, 0.25) is 10.0 Å². The number of carbonyl (C=O) groups is 1. The predicted molar refractivity (Wildman–Crippen MR) is 120 cm³/mol. The van der Waals surface area contributed by atoms with Crippen molar-refractivity contribution in [3.8, 4) is 5.75 Å². The molecule has 0 saturated heterocycles. The Morgan fingerprint density at radius 1 is 1.31 bits per heavy atom. The summed E-state index contributed by atoms with van der Waals surface area (Å²) in [6.07, 6.45) is 6.02. The van der Waals surface area contributed by atoms with Gasteiger partial charge in [-0.05, 0) is 18.2 Å². The topological polar surface area (TPSA) is 126 Å². The molecule has 0 aliphatic heterocycles. The highest BCUT2D eigenvalue weighted by Crippen LogP contribution is 2.27. The molecule has 12 heteroatoms. The van der Waals surface area contributed by atoms with Crippen molar-refractivity contribution in [1.29, 1.82) is 0 Å². The summed E-state index contributed by atoms with van der Waals surface area (Å²) < 4.78 is 37.9. The second kappa shape index (κ2) is 8.14. The minimum Gasteiger partial charge on any atom is -0.621 e. The van der Waals surface area contributed by atoms with Crippen molar-refractivity contribution in [3.05, 3.63) is 56.5 Å². The molecule has 2 N–H and O–H groups in total. The van der Waals surface area contributed by atoms with Crippen LogP contribution in [0.1, 0.15) is 6.42 Å². The molecule has 1 amide bonds. The number of nitrogens with zero attached hydrogens (tertiary/aromatic N) is 1. The molecule has 2 aromatic heterocycles. The van der Waals surface area contributed by atoms with Crippen molar-refractivity contribution in [2.75, 3.05) is 13.4 Å². The molecule has 0 radical (unpaired) electrons. The fourth-order valence-corrected chi connectivity index (χ4v) is 5.13. The molecule has 32 heavy (non-hydrogen) atoms. The fraction of sp³-hybridized carbons (Fsp3) is 0.200. The van der Waals surface area contributed by atoms with Crippen LogP contribution in [0.15, 0.2) is 35.0 Å². The van der Waals surface area contributed by atoms with Gasteiger partial charge in [0.25, 0.3) is 0 Å². The van der Waals surface area contributed by atoms with Gasteiger partial charge in [0.05, 0.1) is 25.8 Å². The standard InChI is InChI=1S/C20H17Cl2N3O6S/c1-30-16-5-3-4-11-12-8-20(24-32(2,28)29,7-6-15(12)31-18(11)16)19(26)25(27)17-13(21)9-23-10-14(17)22/h3-6,8-10,24-25H,7H2,1-2H3. The molecule has 1 aromatic carbocycles. The number of benzene rings is 1. The van der Waals surface area contributed by atoms with E-state index in [0.29, 0.717) is 27.4 Å². The quantitative estimate of drug-likeness (QED) is 0.495. The molecular formula is C20H17Cl2N3O6S. The first-order valence-corrected chi connectivity index (χ1v) is 11.9. The molecule has 0 bridgehead atoms. The molecule has 168 valence electrons. The molecule has 2 atom stereocenters. The predicted octanol–water partition coefficient (Wildman–Crippen LogP) is 0.637. The fourth-order valence-electron chi connectivity index (χ4n) is 3.70. The maximum absolute atomic E-state index is 13.5. The second-order valence-electron chi connectivity index (χ2n) is 7.25. The molecule has 0 saturated carbocycles. The Kier molecular flexibility index (Phi) is 5.78. The maximum Gasteiger partial charge on any atom is 0.342 e. The van der Waals surface area contributed by atoms with Crippen LogP contribution in [0, 0.1) is 5.21 Å². The molecule has 2 unspecified atom stereocenters. The SMILES string of the molecule is COc1cccc2c3c(oc12)=CCC(NS(C)(=O)=O)(C(=O)[NH+]([O-])c1c(Cl)cncc1Cl)C=3. The van der Waals surface area contributed by atoms with Crippen molar-refractivity contribution >= 4 is 67.9 Å². The molecule has 9 nitrogen and oxygen atoms in total. The minimum atomic E-state index is -3.92. The smallest absolute Gasteiger partial charge is 0.342 e. The van der Waals surface area contributed by atoms with E-state index < -0.39 is 26.5 Å². The number of hydrogen-bond donors (Lipinski definition) is 2. The number of ether oxygens (including phenoxy) is 1. The van der Waals surface area contributed by atoms with Gasteiger partial charge in [0.2, 0.25) is 10.0 Å². The number of fused-ring (bicyclic) bond motifs is 3. The third-order valence-electron chi connectivity index (χ3n) is 5.03. The normalized spacial score (nSPS) is 19.0. The van der Waals surface area contributed by atoms with Gasteiger partial charge in [0.15, 0.2) is 22.6 Å². The Labute approximate surface area is 192 Å². The van der Waals surface area contributed by atoms with Crippen molar-refractivity contribution in [2.24, 2.45) is 0 Å². The lowest BCUT2D eigenvalue weighted by Gasteiger charge is -2.33. The van der Waals surface area contributed by atoms with Gasteiger partial charge < -0.3 is 14.4 Å². The molecule has 3 aromatic rings. The van der Waals surface area contributed by atoms with Gasteiger partial charge in [-0.1, -0.05) is 35.3 Å². The van der Waals surface area contributed by atoms with E-state index in [0.717, 1.165) is 6.26 Å². The third kappa shape index (κ3) is 3.90. The van der Waals surface area contributed by atoms with Crippen molar-refractivity contribution in [1.82, 2.24) is 9.71 Å². The zero-order valence-corrected chi connectivity index (χ0v) is 19.1. The number of nitrogens with one attached hydrogen (secondary N) is 2. The summed E-state index contributed by atoms with van der Waals surface area (Å²) in [6.45, 7) is 0. The maximum atomic E-state index is 13.5. The molecule has 0 fully saturated rings. The zero-order chi connectivity index (χ0) is 23.3. The number of sulfonamides is 1. The first kappa shape index (κ1) is 22.7. The summed E-state index contributed by atoms with van der Waals surface area (Å²) in [4.78, 5) is 17.2. The van der Waals surface area contributed by atoms with E-state index in [1.807, 2.05) is 0 Å². The van der Waals surface area contributed by atoms with Gasteiger partial charge in [-0.2, -0.15) is 4.72 Å². The van der Waals surface area contributed by atoms with Gasteiger partial charge in [0, 0.05) is 17.0 Å². The van der Waals surface area contributed by atoms with E-state index in [-0.39, 0.29) is 22.2 Å². The Balaban J connectivity index is 1.94. The van der Waals surface area contributed by atoms with E-state index in [1.54, 1.807) is 24.3 Å². The van der Waals surface area contributed by atoms with E-state index >= 15 is 0 Å². The number of amides is 1. The minimum absolute atomic E-state index is 0.121. The summed E-state index contributed by atoms with van der Waals surface area (Å²) in [5.41, 5.74) is -1.30. The van der Waals surface area contributed by atoms with Gasteiger partial charge in [-0.25, -0.2) is 13.2 Å². The highest BCUT2D eigenvalue weighted by molar-refractivity contribution is 7.88. The number of furan rings is 1. The number of pyridine rings is 1. The number of aromatic nitrogens is 1. The Hall–Kier alpha value is -2.47. The summed E-state index contributed by atoms with van der Waals surface area (Å²) in [5.74, 6) is -0.574. The van der Waals surface area contributed by atoms with Crippen LogP contribution in [0.25, 0.3) is 23.1 Å². The second-order valence-corrected chi connectivity index (χ2v) is 9.81. The zero-order valence-electron chi connectivity index (χ0n) is 16.8. The molecular weight excluding hydrogens is 481 g/mol. The summed E-state index contributed by atoms with van der Waals surface area (Å²) >= 11 is 12.1. The first-order chi connectivity index (χ1) is 15.1. The monoisotopic (exact) mass is 497 g/mol. The van der Waals surface area contributed by atoms with Crippen LogP contribution in [0.5, 0.6) is 5.75 Å². The lowest BCUT2D eigenvalue weighted by molar-refractivity contribution is -0.691. The number of para-hydroxylation sites is 1. The molecule has 1 aliphatic rings. The number of methoxy groups -OCH3 is 1. The van der Waals surface area contributed by atoms with Crippen LogP contribution in [0.4, 0.5) is 5.69 Å². The number of halogens is 2. The number of carbonyl (C=O) groups excluding carboxylic acids is 1. The molecule has 1 aliphatic carbocycles. The summed E-state index contributed by atoms with van der Waals surface area (Å²) in [5, 5.41) is 12.9. The van der Waals surface area contributed by atoms with E-state index in [1.165, 1.54) is 25.6 Å². The van der Waals surface area contributed by atoms with Crippen LogP contribution in [-0.4, -0.2) is 38.2 Å². The first-order valence-electron chi connectivity index (χ1n) is 9.22.